The molecule has 1 heterocycles. The van der Waals surface area contributed by atoms with Gasteiger partial charge in [-0.1, -0.05) is 13.0 Å². The van der Waals surface area contributed by atoms with Crippen LogP contribution in [0.2, 0.25) is 0 Å². The van der Waals surface area contributed by atoms with Gasteiger partial charge in [-0.3, -0.25) is 4.79 Å². The first-order valence-electron chi connectivity index (χ1n) is 5.88. The van der Waals surface area contributed by atoms with Gasteiger partial charge >= 0.3 is 0 Å². The maximum atomic E-state index is 13.3. The molecule has 2 N–H and O–H groups in total. The number of carbonyl (C=O) groups excluding carboxylic acids is 1. The van der Waals surface area contributed by atoms with Crippen LogP contribution in [0.25, 0.3) is 0 Å². The lowest BCUT2D eigenvalue weighted by molar-refractivity contribution is -0.118. The van der Waals surface area contributed by atoms with Gasteiger partial charge in [0.2, 0.25) is 5.91 Å². The average Bonchev–Trinajstić information content (AvgIpc) is 2.70. The lowest BCUT2D eigenvalue weighted by atomic mass is 10.0. The monoisotopic (exact) mass is 236 g/mol. The molecule has 2 atom stereocenters. The summed E-state index contributed by atoms with van der Waals surface area (Å²) in [5, 5.41) is 5.89. The maximum absolute atomic E-state index is 13.3. The van der Waals surface area contributed by atoms with Gasteiger partial charge in [-0.05, 0) is 43.5 Å². The normalized spacial score (nSPS) is 23.7. The second kappa shape index (κ2) is 4.84. The molecule has 0 aliphatic carbocycles. The fourth-order valence-electron chi connectivity index (χ4n) is 2.08. The Bertz CT molecular complexity index is 433. The third-order valence-corrected chi connectivity index (χ3v) is 3.25. The van der Waals surface area contributed by atoms with Gasteiger partial charge in [0.15, 0.2) is 0 Å². The molecule has 0 aromatic heterocycles. The van der Waals surface area contributed by atoms with Crippen molar-refractivity contribution in [2.45, 2.75) is 26.3 Å². The number of aryl methyl sites for hydroxylation is 1. The molecule has 1 aliphatic rings. The molecule has 3 nitrogen and oxygen atoms in total. The first-order valence-corrected chi connectivity index (χ1v) is 5.88. The summed E-state index contributed by atoms with van der Waals surface area (Å²) in [5.41, 5.74) is 1.09. The number of anilines is 1. The minimum absolute atomic E-state index is 0.0850. The lowest BCUT2D eigenvalue weighted by Gasteiger charge is -2.15. The largest absolute Gasteiger partial charge is 0.325 e. The van der Waals surface area contributed by atoms with Crippen molar-refractivity contribution in [3.63, 3.8) is 0 Å². The number of rotatable bonds is 2. The van der Waals surface area contributed by atoms with Crippen LogP contribution in [0.15, 0.2) is 18.2 Å². The standard InChI is InChI=1S/C13H17FN2O/c1-8-3-4-10(7-11(8)14)16-13(17)12-9(2)5-6-15-12/h3-4,7,9,12,15H,5-6H2,1-2H3,(H,16,17). The van der Waals surface area contributed by atoms with Crippen LogP contribution < -0.4 is 10.6 Å². The van der Waals surface area contributed by atoms with Crippen molar-refractivity contribution >= 4 is 11.6 Å². The highest BCUT2D eigenvalue weighted by molar-refractivity contribution is 5.95. The van der Waals surface area contributed by atoms with E-state index in [1.165, 1.54) is 6.07 Å². The van der Waals surface area contributed by atoms with Gasteiger partial charge in [0.05, 0.1) is 6.04 Å². The Morgan fingerprint density at radius 3 is 2.88 bits per heavy atom. The van der Waals surface area contributed by atoms with E-state index in [0.29, 0.717) is 17.2 Å². The molecule has 1 fully saturated rings. The molecule has 92 valence electrons. The van der Waals surface area contributed by atoms with Gasteiger partial charge in [0, 0.05) is 5.69 Å². The van der Waals surface area contributed by atoms with Gasteiger partial charge in [-0.2, -0.15) is 0 Å². The summed E-state index contributed by atoms with van der Waals surface area (Å²) in [6, 6.07) is 4.57. The molecular formula is C13H17FN2O. The summed E-state index contributed by atoms with van der Waals surface area (Å²) < 4.78 is 13.3. The van der Waals surface area contributed by atoms with Crippen LogP contribution >= 0.6 is 0 Å². The van der Waals surface area contributed by atoms with Crippen molar-refractivity contribution in [1.82, 2.24) is 5.32 Å². The molecule has 0 saturated carbocycles. The topological polar surface area (TPSA) is 41.1 Å². The summed E-state index contributed by atoms with van der Waals surface area (Å²) in [4.78, 5) is 11.9. The van der Waals surface area contributed by atoms with Crippen LogP contribution in [0.5, 0.6) is 0 Å². The highest BCUT2D eigenvalue weighted by atomic mass is 19.1. The molecule has 0 radical (unpaired) electrons. The maximum Gasteiger partial charge on any atom is 0.241 e. The summed E-state index contributed by atoms with van der Waals surface area (Å²) in [7, 11) is 0. The molecule has 4 heteroatoms. The Morgan fingerprint density at radius 2 is 2.29 bits per heavy atom. The Balaban J connectivity index is 2.05. The predicted molar refractivity (Wildman–Crippen MR) is 65.3 cm³/mol. The molecular weight excluding hydrogens is 219 g/mol. The summed E-state index contributed by atoms with van der Waals surface area (Å²) >= 11 is 0. The third-order valence-electron chi connectivity index (χ3n) is 3.25. The highest BCUT2D eigenvalue weighted by Crippen LogP contribution is 2.18. The molecule has 0 spiro atoms. The average molecular weight is 236 g/mol. The minimum Gasteiger partial charge on any atom is -0.325 e. The van der Waals surface area contributed by atoms with Crippen molar-refractivity contribution in [2.24, 2.45) is 5.92 Å². The molecule has 17 heavy (non-hydrogen) atoms. The van der Waals surface area contributed by atoms with Crippen molar-refractivity contribution in [1.29, 1.82) is 0 Å². The Hall–Kier alpha value is -1.42. The SMILES string of the molecule is Cc1ccc(NC(=O)C2NCCC2C)cc1F. The molecule has 1 saturated heterocycles. The lowest BCUT2D eigenvalue weighted by Crippen LogP contribution is -2.39. The van der Waals surface area contributed by atoms with Crippen LogP contribution in [0, 0.1) is 18.7 Å². The number of nitrogens with one attached hydrogen (secondary N) is 2. The number of hydrogen-bond donors (Lipinski definition) is 2. The van der Waals surface area contributed by atoms with Gasteiger partial charge in [0.1, 0.15) is 5.82 Å². The van der Waals surface area contributed by atoms with Crippen LogP contribution in [0.1, 0.15) is 18.9 Å². The van der Waals surface area contributed by atoms with Crippen LogP contribution in [0.3, 0.4) is 0 Å². The Labute approximate surface area is 100 Å². The van der Waals surface area contributed by atoms with E-state index in [-0.39, 0.29) is 17.8 Å². The van der Waals surface area contributed by atoms with E-state index in [9.17, 15) is 9.18 Å². The summed E-state index contributed by atoms with van der Waals surface area (Å²) in [6.07, 6.45) is 1.00. The highest BCUT2D eigenvalue weighted by Gasteiger charge is 2.29. The zero-order chi connectivity index (χ0) is 12.4. The van der Waals surface area contributed by atoms with Crippen LogP contribution in [-0.4, -0.2) is 18.5 Å². The second-order valence-corrected chi connectivity index (χ2v) is 4.65. The van der Waals surface area contributed by atoms with Gasteiger partial charge in [0.25, 0.3) is 0 Å². The molecule has 1 aliphatic heterocycles. The Kier molecular flexibility index (Phi) is 3.43. The van der Waals surface area contributed by atoms with Crippen molar-refractivity contribution in [3.8, 4) is 0 Å². The van der Waals surface area contributed by atoms with E-state index >= 15 is 0 Å². The van der Waals surface area contributed by atoms with E-state index in [1.807, 2.05) is 6.92 Å². The molecule has 2 rings (SSSR count). The number of amides is 1. The van der Waals surface area contributed by atoms with E-state index in [0.717, 1.165) is 13.0 Å². The van der Waals surface area contributed by atoms with E-state index < -0.39 is 0 Å². The summed E-state index contributed by atoms with van der Waals surface area (Å²) in [6.45, 7) is 4.60. The zero-order valence-corrected chi connectivity index (χ0v) is 10.1. The smallest absolute Gasteiger partial charge is 0.241 e. The fraction of sp³-hybridized carbons (Fsp3) is 0.462. The minimum atomic E-state index is -0.296. The number of halogens is 1. The van der Waals surface area contributed by atoms with E-state index in [1.54, 1.807) is 19.1 Å². The Morgan fingerprint density at radius 1 is 1.53 bits per heavy atom. The fourth-order valence-corrected chi connectivity index (χ4v) is 2.08. The van der Waals surface area contributed by atoms with Crippen molar-refractivity contribution in [3.05, 3.63) is 29.6 Å². The first-order chi connectivity index (χ1) is 8.08. The van der Waals surface area contributed by atoms with Crippen molar-refractivity contribution in [2.75, 3.05) is 11.9 Å². The molecule has 1 aromatic rings. The number of carbonyl (C=O) groups is 1. The van der Waals surface area contributed by atoms with Crippen LogP contribution in [0.4, 0.5) is 10.1 Å². The molecule has 1 amide bonds. The quantitative estimate of drug-likeness (QED) is 0.825. The van der Waals surface area contributed by atoms with Gasteiger partial charge in [-0.15, -0.1) is 0 Å². The second-order valence-electron chi connectivity index (χ2n) is 4.65. The van der Waals surface area contributed by atoms with Crippen LogP contribution in [-0.2, 0) is 4.79 Å². The van der Waals surface area contributed by atoms with E-state index in [4.69, 9.17) is 0 Å². The molecule has 2 unspecified atom stereocenters. The number of hydrogen-bond acceptors (Lipinski definition) is 2. The van der Waals surface area contributed by atoms with Gasteiger partial charge < -0.3 is 10.6 Å². The predicted octanol–water partition coefficient (Wildman–Crippen LogP) is 2.07. The molecule has 1 aromatic carbocycles. The van der Waals surface area contributed by atoms with E-state index in [2.05, 4.69) is 10.6 Å². The first kappa shape index (κ1) is 12.0. The van der Waals surface area contributed by atoms with Crippen molar-refractivity contribution < 1.29 is 9.18 Å². The number of benzene rings is 1. The third kappa shape index (κ3) is 2.64. The van der Waals surface area contributed by atoms with Gasteiger partial charge in [-0.25, -0.2) is 4.39 Å². The molecule has 0 bridgehead atoms. The zero-order valence-electron chi connectivity index (χ0n) is 10.1. The summed E-state index contributed by atoms with van der Waals surface area (Å²) in [5.74, 6) is -0.0567.